The first kappa shape index (κ1) is 14.6. The topological polar surface area (TPSA) is 72.4 Å². The maximum atomic E-state index is 11.4. The molecule has 1 aromatic heterocycles. The molecule has 1 aliphatic heterocycles. The van der Waals surface area contributed by atoms with Gasteiger partial charge in [-0.25, -0.2) is 0 Å². The number of fused-ring (bicyclic) bond motifs is 1. The van der Waals surface area contributed by atoms with Crippen molar-refractivity contribution in [1.29, 1.82) is 0 Å². The van der Waals surface area contributed by atoms with Gasteiger partial charge in [-0.1, -0.05) is 0 Å². The standard InChI is InChI=1S/C15H19AsN3O2/c1-16(10-6-8-19(2)9-7-10)15-18-13-11(14(17)20)4-3-5-12(13)21-15/h3,5,10H,6-9H2,1-2H3,(H2,17,20). The zero-order valence-corrected chi connectivity index (χ0v) is 14.2. The van der Waals surface area contributed by atoms with E-state index in [9.17, 15) is 4.79 Å². The molecule has 6 heteroatoms. The van der Waals surface area contributed by atoms with E-state index < -0.39 is 20.6 Å². The van der Waals surface area contributed by atoms with Crippen LogP contribution in [0.1, 0.15) is 23.2 Å². The molecule has 1 aromatic carbocycles. The Labute approximate surface area is 128 Å². The van der Waals surface area contributed by atoms with Gasteiger partial charge in [-0.2, -0.15) is 0 Å². The number of rotatable bonds is 3. The van der Waals surface area contributed by atoms with E-state index in [-0.39, 0.29) is 0 Å². The van der Waals surface area contributed by atoms with Crippen molar-refractivity contribution in [3.63, 3.8) is 0 Å². The third-order valence-electron chi connectivity index (χ3n) is 4.13. The molecule has 1 atom stereocenters. The number of oxazole rings is 1. The molecule has 1 saturated heterocycles. The van der Waals surface area contributed by atoms with Crippen LogP contribution in [0.25, 0.3) is 11.1 Å². The number of likely N-dealkylation sites (tertiary alicyclic amines) is 1. The van der Waals surface area contributed by atoms with Crippen molar-refractivity contribution in [3.8, 4) is 0 Å². The molecule has 0 saturated carbocycles. The Bertz CT molecular complexity index is 662. The molecule has 2 N–H and O–H groups in total. The van der Waals surface area contributed by atoms with Gasteiger partial charge in [0.2, 0.25) is 0 Å². The SMILES string of the molecule is CN1CCC([As](C)c2nc3c(C(N)=O)[c]ccc3o2)CC1. The second-order valence-corrected chi connectivity index (χ2v) is 10.5. The Morgan fingerprint density at radius 2 is 2.24 bits per heavy atom. The number of nitrogens with zero attached hydrogens (tertiary/aromatic N) is 2. The first-order valence-corrected chi connectivity index (χ1v) is 11.0. The number of aromatic nitrogens is 1. The molecule has 21 heavy (non-hydrogen) atoms. The Morgan fingerprint density at radius 3 is 2.90 bits per heavy atom. The molecule has 0 spiro atoms. The van der Waals surface area contributed by atoms with Crippen LogP contribution in [0.3, 0.4) is 0 Å². The van der Waals surface area contributed by atoms with Gasteiger partial charge in [0.25, 0.3) is 0 Å². The van der Waals surface area contributed by atoms with Crippen LogP contribution in [-0.2, 0) is 0 Å². The molecular weight excluding hydrogens is 329 g/mol. The quantitative estimate of drug-likeness (QED) is 0.845. The predicted molar refractivity (Wildman–Crippen MR) is 83.1 cm³/mol. The minimum absolute atomic E-state index is 0.327. The van der Waals surface area contributed by atoms with Crippen LogP contribution in [-0.4, -0.2) is 50.6 Å². The van der Waals surface area contributed by atoms with Gasteiger partial charge in [0.05, 0.1) is 0 Å². The van der Waals surface area contributed by atoms with Gasteiger partial charge >= 0.3 is 128 Å². The normalized spacial score (nSPS) is 19.0. The summed E-state index contributed by atoms with van der Waals surface area (Å²) in [5, 5.41) is 0. The summed E-state index contributed by atoms with van der Waals surface area (Å²) in [4.78, 5) is 18.4. The Morgan fingerprint density at radius 1 is 1.52 bits per heavy atom. The van der Waals surface area contributed by atoms with E-state index in [1.165, 1.54) is 12.8 Å². The van der Waals surface area contributed by atoms with Crippen LogP contribution >= 0.6 is 0 Å². The van der Waals surface area contributed by atoms with Crippen molar-refractivity contribution in [2.45, 2.75) is 23.3 Å². The summed E-state index contributed by atoms with van der Waals surface area (Å²) in [7, 11) is 2.16. The molecule has 5 nitrogen and oxygen atoms in total. The first-order valence-electron chi connectivity index (χ1n) is 7.08. The zero-order valence-electron chi connectivity index (χ0n) is 12.3. The molecule has 1 fully saturated rings. The predicted octanol–water partition coefficient (Wildman–Crippen LogP) is 1.15. The number of hydrogen-bond donors (Lipinski definition) is 1. The van der Waals surface area contributed by atoms with E-state index in [0.29, 0.717) is 21.4 Å². The summed E-state index contributed by atoms with van der Waals surface area (Å²) in [6.45, 7) is 2.29. The molecule has 2 heterocycles. The van der Waals surface area contributed by atoms with E-state index in [1.807, 2.05) is 0 Å². The number of carbonyl (C=O) groups excluding carboxylic acids is 1. The summed E-state index contributed by atoms with van der Waals surface area (Å²) in [6, 6.07) is 6.33. The van der Waals surface area contributed by atoms with Crippen molar-refractivity contribution in [1.82, 2.24) is 9.88 Å². The second-order valence-electron chi connectivity index (χ2n) is 5.57. The molecule has 2 aromatic rings. The Hall–Kier alpha value is -1.32. The van der Waals surface area contributed by atoms with Crippen LogP contribution < -0.4 is 10.4 Å². The number of carbonyl (C=O) groups is 1. The van der Waals surface area contributed by atoms with Crippen molar-refractivity contribution in [2.24, 2.45) is 5.73 Å². The molecule has 1 aliphatic rings. The molecule has 3 rings (SSSR count). The van der Waals surface area contributed by atoms with Gasteiger partial charge in [-0.05, 0) is 0 Å². The number of piperidine rings is 1. The van der Waals surface area contributed by atoms with Gasteiger partial charge in [-0.15, -0.1) is 0 Å². The number of primary amides is 1. The molecule has 1 radical (unpaired) electrons. The van der Waals surface area contributed by atoms with Crippen molar-refractivity contribution in [2.75, 3.05) is 20.1 Å². The Balaban J connectivity index is 1.90. The average molecular weight is 348 g/mol. The van der Waals surface area contributed by atoms with Gasteiger partial charge in [0, 0.05) is 0 Å². The summed E-state index contributed by atoms with van der Waals surface area (Å²) in [6.07, 6.45) is 2.42. The maximum absolute atomic E-state index is 11.4. The van der Waals surface area contributed by atoms with Crippen LogP contribution in [0, 0.1) is 6.07 Å². The van der Waals surface area contributed by atoms with Gasteiger partial charge in [-0.3, -0.25) is 0 Å². The summed E-state index contributed by atoms with van der Waals surface area (Å²) in [5.41, 5.74) is 9.21. The first-order chi connectivity index (χ1) is 10.1. The molecule has 0 aliphatic carbocycles. The number of nitrogens with two attached hydrogens (primary N) is 1. The summed E-state index contributed by atoms with van der Waals surface area (Å²) >= 11 is -1.34. The molecular formula is C15H19AsN3O2. The number of benzene rings is 1. The summed E-state index contributed by atoms with van der Waals surface area (Å²) in [5.74, 6) is -0.505. The molecule has 111 valence electrons. The van der Waals surface area contributed by atoms with Crippen molar-refractivity contribution >= 4 is 36.3 Å². The monoisotopic (exact) mass is 348 g/mol. The zero-order chi connectivity index (χ0) is 15.0. The van der Waals surface area contributed by atoms with Crippen LogP contribution in [0.2, 0.25) is 10.4 Å². The fourth-order valence-corrected chi connectivity index (χ4v) is 6.57. The van der Waals surface area contributed by atoms with E-state index in [2.05, 4.69) is 28.7 Å². The van der Waals surface area contributed by atoms with E-state index in [4.69, 9.17) is 10.2 Å². The van der Waals surface area contributed by atoms with Crippen molar-refractivity contribution in [3.05, 3.63) is 23.8 Å². The van der Waals surface area contributed by atoms with Crippen LogP contribution in [0.4, 0.5) is 0 Å². The Kier molecular flexibility index (Phi) is 4.05. The second kappa shape index (κ2) is 5.82. The molecule has 1 amide bonds. The minimum atomic E-state index is -1.34. The third-order valence-corrected chi connectivity index (χ3v) is 9.17. The fraction of sp³-hybridized carbons (Fsp3) is 0.467. The molecule has 0 bridgehead atoms. The van der Waals surface area contributed by atoms with Crippen LogP contribution in [0.15, 0.2) is 16.5 Å². The van der Waals surface area contributed by atoms with E-state index in [1.54, 1.807) is 12.1 Å². The fourth-order valence-electron chi connectivity index (χ4n) is 2.76. The van der Waals surface area contributed by atoms with Gasteiger partial charge < -0.3 is 0 Å². The van der Waals surface area contributed by atoms with Crippen molar-refractivity contribution < 1.29 is 9.21 Å². The third kappa shape index (κ3) is 2.85. The number of amides is 1. The van der Waals surface area contributed by atoms with E-state index >= 15 is 0 Å². The van der Waals surface area contributed by atoms with Crippen LogP contribution in [0.5, 0.6) is 0 Å². The number of hydrogen-bond acceptors (Lipinski definition) is 4. The summed E-state index contributed by atoms with van der Waals surface area (Å²) < 4.78 is 7.47. The average Bonchev–Trinajstić information content (AvgIpc) is 2.90. The van der Waals surface area contributed by atoms with Gasteiger partial charge in [0.15, 0.2) is 0 Å². The van der Waals surface area contributed by atoms with Gasteiger partial charge in [0.1, 0.15) is 0 Å². The van der Waals surface area contributed by atoms with E-state index in [0.717, 1.165) is 17.8 Å². The molecule has 1 unspecified atom stereocenters.